The lowest BCUT2D eigenvalue weighted by Gasteiger charge is -2.01. The van der Waals surface area contributed by atoms with Crippen molar-refractivity contribution in [2.45, 2.75) is 6.42 Å². The van der Waals surface area contributed by atoms with Gasteiger partial charge in [0.2, 0.25) is 11.8 Å². The van der Waals surface area contributed by atoms with Gasteiger partial charge in [-0.3, -0.25) is 9.59 Å². The van der Waals surface area contributed by atoms with Crippen LogP contribution in [-0.4, -0.2) is 11.8 Å². The Hall–Kier alpha value is -1.84. The fraction of sp³-hybridized carbons (Fsp3) is 0.111. The summed E-state index contributed by atoms with van der Waals surface area (Å²) in [6.45, 7) is 0. The number of nitrogens with two attached hydrogens (primary N) is 1. The Kier molecular flexibility index (Phi) is 1.55. The molecule has 2 amide bonds. The van der Waals surface area contributed by atoms with Gasteiger partial charge in [0.1, 0.15) is 0 Å². The van der Waals surface area contributed by atoms with Gasteiger partial charge in [0.05, 0.1) is 6.42 Å². The molecular weight excluding hydrogens is 168 g/mol. The summed E-state index contributed by atoms with van der Waals surface area (Å²) in [5.74, 6) is -0.586. The highest BCUT2D eigenvalue weighted by atomic mass is 16.2. The average molecular weight is 176 g/mol. The van der Waals surface area contributed by atoms with Crippen molar-refractivity contribution in [1.82, 2.24) is 0 Å². The average Bonchev–Trinajstić information content (AvgIpc) is 2.43. The first kappa shape index (κ1) is 7.79. The van der Waals surface area contributed by atoms with Crippen LogP contribution in [0.4, 0.5) is 5.69 Å². The summed E-state index contributed by atoms with van der Waals surface area (Å²) in [6, 6.07) is 5.08. The molecule has 0 spiro atoms. The number of hydrogen-bond acceptors (Lipinski definition) is 2. The maximum absolute atomic E-state index is 11.0. The Morgan fingerprint density at radius 3 is 2.92 bits per heavy atom. The molecule has 1 aliphatic heterocycles. The quantitative estimate of drug-likeness (QED) is 0.645. The molecule has 0 unspecified atom stereocenters. The molecular formula is C9H8N2O2. The van der Waals surface area contributed by atoms with Crippen LogP contribution in [0.3, 0.4) is 0 Å². The van der Waals surface area contributed by atoms with Crippen LogP contribution in [0.5, 0.6) is 0 Å². The number of fused-ring (bicyclic) bond motifs is 1. The minimum atomic E-state index is -0.492. The van der Waals surface area contributed by atoms with Crippen LogP contribution < -0.4 is 11.1 Å². The van der Waals surface area contributed by atoms with Crippen molar-refractivity contribution in [3.05, 3.63) is 29.3 Å². The summed E-state index contributed by atoms with van der Waals surface area (Å²) < 4.78 is 0. The van der Waals surface area contributed by atoms with E-state index in [9.17, 15) is 9.59 Å². The van der Waals surface area contributed by atoms with Crippen molar-refractivity contribution in [1.29, 1.82) is 0 Å². The van der Waals surface area contributed by atoms with Gasteiger partial charge >= 0.3 is 0 Å². The largest absolute Gasteiger partial charge is 0.366 e. The number of benzene rings is 1. The zero-order valence-corrected chi connectivity index (χ0v) is 6.83. The van der Waals surface area contributed by atoms with E-state index in [0.29, 0.717) is 16.8 Å². The Morgan fingerprint density at radius 2 is 2.23 bits per heavy atom. The van der Waals surface area contributed by atoms with E-state index in [1.54, 1.807) is 18.2 Å². The zero-order valence-electron chi connectivity index (χ0n) is 6.83. The SMILES string of the molecule is NC(=O)c1cccc2c1CC(=O)N2. The van der Waals surface area contributed by atoms with E-state index >= 15 is 0 Å². The van der Waals surface area contributed by atoms with Gasteiger partial charge in [0.15, 0.2) is 0 Å². The van der Waals surface area contributed by atoms with Crippen molar-refractivity contribution in [2.75, 3.05) is 5.32 Å². The molecule has 1 heterocycles. The highest BCUT2D eigenvalue weighted by molar-refractivity contribution is 6.05. The smallest absolute Gasteiger partial charge is 0.249 e. The van der Waals surface area contributed by atoms with Crippen LogP contribution in [0.15, 0.2) is 18.2 Å². The molecule has 1 aliphatic rings. The third-order valence-electron chi connectivity index (χ3n) is 2.05. The summed E-state index contributed by atoms with van der Waals surface area (Å²) in [7, 11) is 0. The summed E-state index contributed by atoms with van der Waals surface area (Å²) in [5, 5.41) is 2.65. The number of primary amides is 1. The lowest BCUT2D eigenvalue weighted by Crippen LogP contribution is -2.13. The molecule has 0 saturated carbocycles. The molecule has 4 heteroatoms. The van der Waals surface area contributed by atoms with Gasteiger partial charge in [-0.1, -0.05) is 6.07 Å². The normalized spacial score (nSPS) is 13.7. The zero-order chi connectivity index (χ0) is 9.42. The lowest BCUT2D eigenvalue weighted by atomic mass is 10.0. The van der Waals surface area contributed by atoms with Gasteiger partial charge in [0, 0.05) is 11.3 Å². The van der Waals surface area contributed by atoms with E-state index in [0.717, 1.165) is 0 Å². The first-order chi connectivity index (χ1) is 6.18. The van der Waals surface area contributed by atoms with Crippen molar-refractivity contribution in [2.24, 2.45) is 5.73 Å². The van der Waals surface area contributed by atoms with Crippen LogP contribution >= 0.6 is 0 Å². The third-order valence-corrected chi connectivity index (χ3v) is 2.05. The number of anilines is 1. The van der Waals surface area contributed by atoms with Crippen molar-refractivity contribution < 1.29 is 9.59 Å². The van der Waals surface area contributed by atoms with Crippen LogP contribution in [0.25, 0.3) is 0 Å². The third kappa shape index (κ3) is 1.16. The predicted molar refractivity (Wildman–Crippen MR) is 47.3 cm³/mol. The Labute approximate surface area is 74.7 Å². The Bertz CT molecular complexity index is 399. The molecule has 0 bridgehead atoms. The van der Waals surface area contributed by atoms with E-state index in [2.05, 4.69) is 5.32 Å². The monoisotopic (exact) mass is 176 g/mol. The summed E-state index contributed by atoms with van der Waals surface area (Å²) in [5.41, 5.74) is 6.98. The van der Waals surface area contributed by atoms with Gasteiger partial charge in [-0.15, -0.1) is 0 Å². The topological polar surface area (TPSA) is 72.2 Å². The number of hydrogen-bond donors (Lipinski definition) is 2. The molecule has 1 aromatic carbocycles. The van der Waals surface area contributed by atoms with Crippen LogP contribution in [0.1, 0.15) is 15.9 Å². The number of carbonyl (C=O) groups excluding carboxylic acids is 2. The second-order valence-electron chi connectivity index (χ2n) is 2.92. The maximum atomic E-state index is 11.0. The number of amides is 2. The molecule has 0 atom stereocenters. The highest BCUT2D eigenvalue weighted by Gasteiger charge is 2.21. The maximum Gasteiger partial charge on any atom is 0.249 e. The number of rotatable bonds is 1. The van der Waals surface area contributed by atoms with Crippen molar-refractivity contribution in [3.63, 3.8) is 0 Å². The fourth-order valence-electron chi connectivity index (χ4n) is 1.48. The van der Waals surface area contributed by atoms with Crippen molar-refractivity contribution in [3.8, 4) is 0 Å². The van der Waals surface area contributed by atoms with E-state index in [4.69, 9.17) is 5.73 Å². The van der Waals surface area contributed by atoms with Gasteiger partial charge in [-0.2, -0.15) is 0 Å². The highest BCUT2D eigenvalue weighted by Crippen LogP contribution is 2.25. The minimum absolute atomic E-state index is 0.0938. The molecule has 0 aromatic heterocycles. The fourth-order valence-corrected chi connectivity index (χ4v) is 1.48. The molecule has 66 valence electrons. The van der Waals surface area contributed by atoms with E-state index in [-0.39, 0.29) is 12.3 Å². The second-order valence-corrected chi connectivity index (χ2v) is 2.92. The van der Waals surface area contributed by atoms with Crippen molar-refractivity contribution >= 4 is 17.5 Å². The first-order valence-electron chi connectivity index (χ1n) is 3.90. The van der Waals surface area contributed by atoms with E-state index in [1.807, 2.05) is 0 Å². The molecule has 4 nitrogen and oxygen atoms in total. The molecule has 13 heavy (non-hydrogen) atoms. The Balaban J connectivity index is 2.57. The minimum Gasteiger partial charge on any atom is -0.366 e. The number of carbonyl (C=O) groups is 2. The van der Waals surface area contributed by atoms with Gasteiger partial charge in [-0.25, -0.2) is 0 Å². The predicted octanol–water partition coefficient (Wildman–Crippen LogP) is 0.280. The molecule has 1 aromatic rings. The van der Waals surface area contributed by atoms with Gasteiger partial charge in [-0.05, 0) is 17.7 Å². The Morgan fingerprint density at radius 1 is 1.46 bits per heavy atom. The van der Waals surface area contributed by atoms with Crippen LogP contribution in [0.2, 0.25) is 0 Å². The van der Waals surface area contributed by atoms with E-state index < -0.39 is 5.91 Å². The molecule has 0 saturated heterocycles. The molecule has 3 N–H and O–H groups in total. The van der Waals surface area contributed by atoms with Gasteiger partial charge < -0.3 is 11.1 Å². The summed E-state index contributed by atoms with van der Waals surface area (Å²) in [6.07, 6.45) is 0.244. The second kappa shape index (κ2) is 2.58. The molecule has 0 aliphatic carbocycles. The summed E-state index contributed by atoms with van der Waals surface area (Å²) in [4.78, 5) is 22.0. The standard InChI is InChI=1S/C9H8N2O2/c10-9(13)5-2-1-3-7-6(5)4-8(12)11-7/h1-3H,4H2,(H2,10,13)(H,11,12). The lowest BCUT2D eigenvalue weighted by molar-refractivity contribution is -0.115. The molecule has 0 fully saturated rings. The number of nitrogens with one attached hydrogen (secondary N) is 1. The first-order valence-corrected chi connectivity index (χ1v) is 3.90. The molecule has 0 radical (unpaired) electrons. The van der Waals surface area contributed by atoms with Gasteiger partial charge in [0.25, 0.3) is 0 Å². The molecule has 2 rings (SSSR count). The van der Waals surface area contributed by atoms with Crippen LogP contribution in [-0.2, 0) is 11.2 Å². The van der Waals surface area contributed by atoms with E-state index in [1.165, 1.54) is 0 Å². The van der Waals surface area contributed by atoms with Crippen LogP contribution in [0, 0.1) is 0 Å². The summed E-state index contributed by atoms with van der Waals surface area (Å²) >= 11 is 0.